The maximum atomic E-state index is 11.5. The molecule has 1 rings (SSSR count). The summed E-state index contributed by atoms with van der Waals surface area (Å²) in [6.45, 7) is -0.0914. The van der Waals surface area contributed by atoms with Crippen LogP contribution in [-0.2, 0) is 0 Å². The van der Waals surface area contributed by atoms with Gasteiger partial charge < -0.3 is 5.11 Å². The van der Waals surface area contributed by atoms with Crippen LogP contribution in [-0.4, -0.2) is 11.7 Å². The fraction of sp³-hybridized carbons (Fsp3) is 0.500. The normalized spacial score (nSPS) is 19.0. The zero-order chi connectivity index (χ0) is 4.57. The minimum absolute atomic E-state index is 0.0914. The van der Waals surface area contributed by atoms with Crippen molar-refractivity contribution >= 4 is 0 Å². The van der Waals surface area contributed by atoms with Crippen LogP contribution >= 0.6 is 0 Å². The molecule has 0 unspecified atom stereocenters. The van der Waals surface area contributed by atoms with Crippen molar-refractivity contribution in [3.05, 3.63) is 11.4 Å². The van der Waals surface area contributed by atoms with E-state index in [9.17, 15) is 4.39 Å². The molecular formula is C4H5FO. The lowest BCUT2D eigenvalue weighted by Gasteiger charge is -1.67. The first-order valence-electron chi connectivity index (χ1n) is 1.82. The number of allylic oxidation sites excluding steroid dienone is 1. The molecule has 1 aliphatic rings. The van der Waals surface area contributed by atoms with E-state index in [0.29, 0.717) is 12.0 Å². The Labute approximate surface area is 35.1 Å². The Morgan fingerprint density at radius 3 is 2.33 bits per heavy atom. The van der Waals surface area contributed by atoms with Gasteiger partial charge in [0.25, 0.3) is 0 Å². The van der Waals surface area contributed by atoms with Gasteiger partial charge in [0.15, 0.2) is 0 Å². The molecule has 0 aromatic carbocycles. The highest BCUT2D eigenvalue weighted by atomic mass is 19.1. The van der Waals surface area contributed by atoms with E-state index in [1.807, 2.05) is 0 Å². The van der Waals surface area contributed by atoms with Crippen molar-refractivity contribution in [1.82, 2.24) is 0 Å². The minimum atomic E-state index is -0.127. The summed E-state index contributed by atoms with van der Waals surface area (Å²) in [6, 6.07) is 0. The van der Waals surface area contributed by atoms with E-state index >= 15 is 0 Å². The Hall–Kier alpha value is -0.370. The van der Waals surface area contributed by atoms with Crippen molar-refractivity contribution in [2.24, 2.45) is 0 Å². The molecule has 34 valence electrons. The number of aliphatic hydroxyl groups is 1. The highest BCUT2D eigenvalue weighted by Crippen LogP contribution is 2.30. The largest absolute Gasteiger partial charge is 0.392 e. The average molecular weight is 88.1 g/mol. The van der Waals surface area contributed by atoms with Gasteiger partial charge in [-0.3, -0.25) is 0 Å². The molecule has 0 radical (unpaired) electrons. The molecule has 0 saturated carbocycles. The molecule has 0 saturated heterocycles. The smallest absolute Gasteiger partial charge is 0.106 e. The van der Waals surface area contributed by atoms with E-state index in [2.05, 4.69) is 0 Å². The van der Waals surface area contributed by atoms with Gasteiger partial charge in [-0.2, -0.15) is 0 Å². The zero-order valence-electron chi connectivity index (χ0n) is 3.24. The maximum Gasteiger partial charge on any atom is 0.106 e. The van der Waals surface area contributed by atoms with E-state index in [1.54, 1.807) is 0 Å². The van der Waals surface area contributed by atoms with E-state index in [4.69, 9.17) is 5.11 Å². The number of hydrogen-bond acceptors (Lipinski definition) is 1. The van der Waals surface area contributed by atoms with Crippen molar-refractivity contribution in [3.63, 3.8) is 0 Å². The predicted molar refractivity (Wildman–Crippen MR) is 19.8 cm³/mol. The Morgan fingerprint density at radius 2 is 2.33 bits per heavy atom. The number of halogens is 1. The molecule has 0 amide bonds. The molecule has 0 heterocycles. The molecule has 1 aliphatic carbocycles. The van der Waals surface area contributed by atoms with Crippen LogP contribution in [0.15, 0.2) is 11.4 Å². The van der Waals surface area contributed by atoms with Crippen LogP contribution < -0.4 is 0 Å². The van der Waals surface area contributed by atoms with Crippen molar-refractivity contribution in [1.29, 1.82) is 0 Å². The van der Waals surface area contributed by atoms with E-state index in [-0.39, 0.29) is 12.4 Å². The molecule has 0 bridgehead atoms. The SMILES string of the molecule is OCC1=C(F)C1. The van der Waals surface area contributed by atoms with Crippen molar-refractivity contribution < 1.29 is 9.50 Å². The van der Waals surface area contributed by atoms with Gasteiger partial charge in [-0.25, -0.2) is 4.39 Å². The highest BCUT2D eigenvalue weighted by molar-refractivity contribution is 5.28. The lowest BCUT2D eigenvalue weighted by Crippen LogP contribution is -1.70. The van der Waals surface area contributed by atoms with Crippen LogP contribution in [0.4, 0.5) is 4.39 Å². The van der Waals surface area contributed by atoms with Crippen LogP contribution in [0.5, 0.6) is 0 Å². The van der Waals surface area contributed by atoms with E-state index < -0.39 is 0 Å². The first-order valence-corrected chi connectivity index (χ1v) is 1.82. The zero-order valence-corrected chi connectivity index (χ0v) is 3.24. The quantitative estimate of drug-likeness (QED) is 0.497. The molecule has 0 aromatic heterocycles. The summed E-state index contributed by atoms with van der Waals surface area (Å²) in [5.41, 5.74) is 0.565. The molecule has 6 heavy (non-hydrogen) atoms. The van der Waals surface area contributed by atoms with Gasteiger partial charge >= 0.3 is 0 Å². The molecule has 0 aliphatic heterocycles. The molecule has 1 nitrogen and oxygen atoms in total. The third kappa shape index (κ3) is 0.431. The number of aliphatic hydroxyl groups excluding tert-OH is 1. The summed E-state index contributed by atoms with van der Waals surface area (Å²) in [5.74, 6) is -0.127. The van der Waals surface area contributed by atoms with Gasteiger partial charge in [0.2, 0.25) is 0 Å². The Bertz CT molecular complexity index is 95.7. The molecule has 0 fully saturated rings. The van der Waals surface area contributed by atoms with Gasteiger partial charge in [0.05, 0.1) is 6.61 Å². The summed E-state index contributed by atoms with van der Waals surface area (Å²) in [5, 5.41) is 8.08. The standard InChI is InChI=1S/C4H5FO/c5-4-1-3(4)2-6/h6H,1-2H2. The molecule has 0 atom stereocenters. The van der Waals surface area contributed by atoms with Gasteiger partial charge in [0, 0.05) is 6.42 Å². The third-order valence-electron chi connectivity index (χ3n) is 0.818. The van der Waals surface area contributed by atoms with E-state index in [1.165, 1.54) is 0 Å². The summed E-state index contributed by atoms with van der Waals surface area (Å²) in [7, 11) is 0. The van der Waals surface area contributed by atoms with Crippen LogP contribution in [0.3, 0.4) is 0 Å². The highest BCUT2D eigenvalue weighted by Gasteiger charge is 2.18. The van der Waals surface area contributed by atoms with Crippen LogP contribution in [0.2, 0.25) is 0 Å². The first-order chi connectivity index (χ1) is 2.84. The molecular weight excluding hydrogens is 83.0 g/mol. The minimum Gasteiger partial charge on any atom is -0.392 e. The Balaban J connectivity index is 2.38. The summed E-state index contributed by atoms with van der Waals surface area (Å²) >= 11 is 0. The van der Waals surface area contributed by atoms with Gasteiger partial charge in [0.1, 0.15) is 5.83 Å². The lowest BCUT2D eigenvalue weighted by molar-refractivity contribution is 0.335. The van der Waals surface area contributed by atoms with Gasteiger partial charge in [-0.1, -0.05) is 0 Å². The summed E-state index contributed by atoms with van der Waals surface area (Å²) in [6.07, 6.45) is 0.413. The number of rotatable bonds is 1. The van der Waals surface area contributed by atoms with Gasteiger partial charge in [-0.15, -0.1) is 0 Å². The van der Waals surface area contributed by atoms with Crippen LogP contribution in [0.25, 0.3) is 0 Å². The van der Waals surface area contributed by atoms with Crippen molar-refractivity contribution in [2.75, 3.05) is 6.61 Å². The van der Waals surface area contributed by atoms with Gasteiger partial charge in [-0.05, 0) is 5.57 Å². The second-order valence-electron chi connectivity index (χ2n) is 1.34. The number of hydrogen-bond donors (Lipinski definition) is 1. The molecule has 0 spiro atoms. The van der Waals surface area contributed by atoms with Crippen molar-refractivity contribution in [3.8, 4) is 0 Å². The predicted octanol–water partition coefficient (Wildman–Crippen LogP) is 0.606. The Morgan fingerprint density at radius 1 is 1.83 bits per heavy atom. The lowest BCUT2D eigenvalue weighted by atomic mass is 10.5. The topological polar surface area (TPSA) is 20.2 Å². The van der Waals surface area contributed by atoms with E-state index in [0.717, 1.165) is 0 Å². The van der Waals surface area contributed by atoms with Crippen LogP contribution in [0.1, 0.15) is 6.42 Å². The third-order valence-corrected chi connectivity index (χ3v) is 0.818. The fourth-order valence-corrected chi connectivity index (χ4v) is 0.285. The second-order valence-corrected chi connectivity index (χ2v) is 1.34. The molecule has 2 heteroatoms. The van der Waals surface area contributed by atoms with Crippen molar-refractivity contribution in [2.45, 2.75) is 6.42 Å². The molecule has 1 N–H and O–H groups in total. The monoisotopic (exact) mass is 88.0 g/mol. The maximum absolute atomic E-state index is 11.5. The second kappa shape index (κ2) is 1.05. The van der Waals surface area contributed by atoms with Crippen LogP contribution in [0, 0.1) is 0 Å². The molecule has 0 aromatic rings. The average Bonchev–Trinajstić information content (AvgIpc) is 2.19. The fourth-order valence-electron chi connectivity index (χ4n) is 0.285. The Kier molecular flexibility index (Phi) is 0.665. The first kappa shape index (κ1) is 3.81. The summed E-state index contributed by atoms with van der Waals surface area (Å²) < 4.78 is 11.5. The summed E-state index contributed by atoms with van der Waals surface area (Å²) in [4.78, 5) is 0.